The molecule has 7 fully saturated rings. The van der Waals surface area contributed by atoms with Crippen molar-refractivity contribution in [2.75, 3.05) is 60.5 Å². The number of fused-ring (bicyclic) bond motifs is 4. The molecular weight excluding hydrogens is 1830 g/mol. The van der Waals surface area contributed by atoms with E-state index in [1.165, 1.54) is 58.2 Å². The van der Waals surface area contributed by atoms with Gasteiger partial charge >= 0.3 is 0 Å². The zero-order valence-electron chi connectivity index (χ0n) is 84.8. The summed E-state index contributed by atoms with van der Waals surface area (Å²) < 4.78 is 0. The highest BCUT2D eigenvalue weighted by atomic mass is 32.1. The molecule has 36 heteroatoms. The highest BCUT2D eigenvalue weighted by Gasteiger charge is 2.47. The first kappa shape index (κ1) is 107. The van der Waals surface area contributed by atoms with Gasteiger partial charge in [0, 0.05) is 146 Å². The standard InChI is InChI=1S/C27H37N5O3S.C26H37N5O3S.C25H37N5O3S.C24H35N5O3S/c1-15-12-20(31-27(4,5)16-6-7-16)28-13-19(15)22-21(25(34)32-17-8-9-18(32)11-10-17)30-24(36-22)23(33)29-14-26(2,3)35;1-7-25(3,4)30-19-12-15(2)18(13-27-19)21-20(24(33)31-16-8-9-17(31)11-10-16)29-23(35-21)22(32)28-14-26(5,6)34;1-7-16(3)28-19-12-15(2)18(13-26-19)21-20(24(32)30-11-9-8-10-17(30)4)29-23(34-21)22(31)27-14-25(5,6)33;1-7-15(3)27-18-11-14(2)17(12-25-18)20-19(23(31)29-10-8-9-16(29)4)28-22(33-20)21(30)26-13-24(5,6)32/h12-13,16-18,35H,6-11,14H2,1-5H3,(H,28,31)(H,29,33);12-13,16-17,34H,7-11,14H2,1-6H3,(H,27,30)(H,28,32);12-13,16-17,33H,7-11,14H2,1-6H3,(H,26,28)(H,27,31);11-12,15-16,32H,7-10,13H2,1-6H3,(H,25,27)(H,26,30)/t;;16-,17+;15-,16+/m..11/s1. The fraction of sp³-hybridized carbons (Fsp3) is 0.608. The van der Waals surface area contributed by atoms with Gasteiger partial charge in [0.2, 0.25) is 0 Å². The molecule has 1 aliphatic carbocycles. The van der Waals surface area contributed by atoms with Crippen molar-refractivity contribution in [2.45, 2.75) is 357 Å². The van der Waals surface area contributed by atoms with Gasteiger partial charge in [-0.25, -0.2) is 39.9 Å². The summed E-state index contributed by atoms with van der Waals surface area (Å²) in [6.07, 6.45) is 25.6. The molecule has 138 heavy (non-hydrogen) atoms. The van der Waals surface area contributed by atoms with Crippen molar-refractivity contribution in [3.05, 3.63) is 114 Å². The summed E-state index contributed by atoms with van der Waals surface area (Å²) in [7, 11) is 0. The van der Waals surface area contributed by atoms with Gasteiger partial charge in [0.1, 0.15) is 46.0 Å². The van der Waals surface area contributed by atoms with Crippen LogP contribution >= 0.6 is 45.3 Å². The van der Waals surface area contributed by atoms with Crippen LogP contribution in [-0.2, 0) is 0 Å². The smallest absolute Gasteiger partial charge is 0.280 e. The Kier molecular flexibility index (Phi) is 34.3. The van der Waals surface area contributed by atoms with Crippen LogP contribution in [0.1, 0.15) is 351 Å². The first-order valence-corrected chi connectivity index (χ1v) is 52.4. The van der Waals surface area contributed by atoms with Crippen LogP contribution in [0.5, 0.6) is 0 Å². The van der Waals surface area contributed by atoms with Gasteiger partial charge < -0.3 is 82.6 Å². The van der Waals surface area contributed by atoms with E-state index in [9.17, 15) is 58.8 Å². The summed E-state index contributed by atoms with van der Waals surface area (Å²) in [5.74, 6) is 1.71. The van der Waals surface area contributed by atoms with Crippen molar-refractivity contribution in [3.8, 4) is 41.8 Å². The molecule has 6 aliphatic heterocycles. The van der Waals surface area contributed by atoms with E-state index in [0.29, 0.717) is 67.7 Å². The predicted molar refractivity (Wildman–Crippen MR) is 549 cm³/mol. The minimum atomic E-state index is -1.05. The van der Waals surface area contributed by atoms with Crippen LogP contribution in [0.3, 0.4) is 0 Å². The highest BCUT2D eigenvalue weighted by Crippen LogP contribution is 2.47. The number of nitrogens with one attached hydrogen (secondary N) is 8. The van der Waals surface area contributed by atoms with Gasteiger partial charge in [-0.2, -0.15) is 0 Å². The van der Waals surface area contributed by atoms with Gasteiger partial charge in [0.15, 0.2) is 20.0 Å². The molecule has 15 rings (SSSR count). The fourth-order valence-electron chi connectivity index (χ4n) is 18.0. The van der Waals surface area contributed by atoms with E-state index in [2.05, 4.69) is 152 Å². The predicted octanol–water partition coefficient (Wildman–Crippen LogP) is 16.9. The first-order valence-electron chi connectivity index (χ1n) is 49.1. The summed E-state index contributed by atoms with van der Waals surface area (Å²) in [6.45, 7) is 46.0. The number of anilines is 4. The van der Waals surface area contributed by atoms with Gasteiger partial charge in [0.25, 0.3) is 47.3 Å². The van der Waals surface area contributed by atoms with Gasteiger partial charge in [0.05, 0.1) is 41.9 Å². The summed E-state index contributed by atoms with van der Waals surface area (Å²) >= 11 is 4.80. The van der Waals surface area contributed by atoms with Crippen molar-refractivity contribution in [3.63, 3.8) is 0 Å². The molecule has 0 radical (unpaired) electrons. The Morgan fingerprint density at radius 2 is 0.659 bits per heavy atom. The van der Waals surface area contributed by atoms with Crippen LogP contribution in [0, 0.1) is 33.6 Å². The average molecular weight is 1970 g/mol. The molecule has 0 spiro atoms. The number of nitrogens with zero attached hydrogens (tertiary/aromatic N) is 12. The van der Waals surface area contributed by atoms with E-state index in [0.717, 1.165) is 171 Å². The molecule has 1 saturated carbocycles. The molecule has 8 aromatic heterocycles. The number of rotatable bonds is 32. The minimum absolute atomic E-state index is 0.0205. The second kappa shape index (κ2) is 44.4. The minimum Gasteiger partial charge on any atom is -0.389 e. The summed E-state index contributed by atoms with van der Waals surface area (Å²) in [5.41, 5.74) is 3.99. The zero-order valence-corrected chi connectivity index (χ0v) is 88.1. The lowest BCUT2D eigenvalue weighted by Crippen LogP contribution is -2.42. The van der Waals surface area contributed by atoms with Crippen molar-refractivity contribution in [1.29, 1.82) is 0 Å². The molecule has 4 bridgehead atoms. The largest absolute Gasteiger partial charge is 0.389 e. The van der Waals surface area contributed by atoms with Crippen LogP contribution in [0.2, 0.25) is 0 Å². The summed E-state index contributed by atoms with van der Waals surface area (Å²) in [5, 5.41) is 65.5. The number of aromatic nitrogens is 8. The van der Waals surface area contributed by atoms with Crippen molar-refractivity contribution in [1.82, 2.24) is 80.7 Å². The number of piperidine rings is 1. The average Bonchev–Trinajstić information content (AvgIpc) is 1.61. The van der Waals surface area contributed by atoms with Crippen LogP contribution in [0.15, 0.2) is 49.1 Å². The van der Waals surface area contributed by atoms with Crippen molar-refractivity contribution < 1.29 is 58.8 Å². The maximum atomic E-state index is 13.8. The second-order valence-electron chi connectivity index (χ2n) is 42.4. The number of likely N-dealkylation sites (tertiary alicyclic amines) is 2. The zero-order chi connectivity index (χ0) is 101. The first-order chi connectivity index (χ1) is 64.8. The molecular formula is C102H146N20O12S4. The quantitative estimate of drug-likeness (QED) is 0.0186. The van der Waals surface area contributed by atoms with Gasteiger partial charge in [-0.05, 0) is 306 Å². The SMILES string of the molecule is CCC(C)(C)Nc1cc(C)c(-c2sc(C(=O)NCC(C)(C)O)nc2C(=O)N2C3CCC2CC3)cn1.CC[C@@H](C)Nc1cc(C)c(-c2sc(C(=O)NCC(C)(C)O)nc2C(=O)N2CCCC[C@@H]2C)cn1.CC[C@@H](C)Nc1cc(C)c(-c2sc(C(=O)NCC(C)(C)O)nc2C(=O)N2CCC[C@@H]2C)cn1.Cc1cc(NC(C)(C)C2CC2)ncc1-c1sc(C(=O)NCC(C)(C)O)nc1C(=O)N1C2CCC1CC2. The monoisotopic (exact) mass is 1970 g/mol. The van der Waals surface area contributed by atoms with Crippen molar-refractivity contribution >= 4 is 116 Å². The number of hydrogen-bond acceptors (Lipinski definition) is 28. The van der Waals surface area contributed by atoms with E-state index in [1.807, 2.05) is 78.5 Å². The maximum absolute atomic E-state index is 13.8. The lowest BCUT2D eigenvalue weighted by atomic mass is 9.98. The lowest BCUT2D eigenvalue weighted by Gasteiger charge is -2.33. The highest BCUT2D eigenvalue weighted by molar-refractivity contribution is 7.18. The van der Waals surface area contributed by atoms with Gasteiger partial charge in [-0.15, -0.1) is 45.3 Å². The van der Waals surface area contributed by atoms with Crippen LogP contribution in [0.4, 0.5) is 23.3 Å². The maximum Gasteiger partial charge on any atom is 0.280 e. The number of pyridine rings is 4. The van der Waals surface area contributed by atoms with E-state index >= 15 is 0 Å². The number of aryl methyl sites for hydroxylation is 4. The third-order valence-electron chi connectivity index (χ3n) is 26.9. The Balaban J connectivity index is 0.000000165. The Morgan fingerprint density at radius 3 is 0.920 bits per heavy atom. The topological polar surface area (TPSA) is 430 Å². The van der Waals surface area contributed by atoms with Gasteiger partial charge in [-0.3, -0.25) is 38.4 Å². The Hall–Kier alpha value is -10.1. The molecule has 0 unspecified atom stereocenters. The molecule has 6 saturated heterocycles. The Bertz CT molecular complexity index is 5670. The molecule has 32 nitrogen and oxygen atoms in total. The summed E-state index contributed by atoms with van der Waals surface area (Å²) in [4.78, 5) is 153. The molecule has 750 valence electrons. The third-order valence-corrected chi connectivity index (χ3v) is 31.3. The number of carbonyl (C=O) groups excluding carboxylic acids is 8. The number of hydrogen-bond donors (Lipinski definition) is 12. The van der Waals surface area contributed by atoms with Crippen molar-refractivity contribution in [2.24, 2.45) is 5.92 Å². The fourth-order valence-corrected chi connectivity index (χ4v) is 22.2. The molecule has 12 N–H and O–H groups in total. The van der Waals surface area contributed by atoms with E-state index in [4.69, 9.17) is 0 Å². The molecule has 8 amide bonds. The van der Waals surface area contributed by atoms with Crippen LogP contribution in [-0.4, -0.2) is 248 Å². The van der Waals surface area contributed by atoms with E-state index < -0.39 is 40.1 Å². The molecule has 0 aromatic carbocycles. The Morgan fingerprint density at radius 1 is 0.384 bits per heavy atom. The van der Waals surface area contributed by atoms with Crippen LogP contribution in [0.25, 0.3) is 41.8 Å². The number of carbonyl (C=O) groups is 8. The molecule has 14 heterocycles. The van der Waals surface area contributed by atoms with Crippen LogP contribution < -0.4 is 42.5 Å². The molecule has 4 atom stereocenters. The molecule has 7 aliphatic rings. The number of aliphatic hydroxyl groups is 4. The lowest BCUT2D eigenvalue weighted by molar-refractivity contribution is 0.0628. The van der Waals surface area contributed by atoms with Gasteiger partial charge in [-0.1, -0.05) is 20.8 Å². The van der Waals surface area contributed by atoms with E-state index in [1.54, 1.807) is 80.2 Å². The summed E-state index contributed by atoms with van der Waals surface area (Å²) in [6, 6.07) is 9.83. The second-order valence-corrected chi connectivity index (χ2v) is 46.4. The molecule has 8 aromatic rings. The number of amides is 8. The third kappa shape index (κ3) is 27.2. The normalized spacial score (nSPS) is 19.1. The van der Waals surface area contributed by atoms with E-state index in [-0.39, 0.29) is 129 Å². The Labute approximate surface area is 829 Å². The number of thiazole rings is 4.